The van der Waals surface area contributed by atoms with Crippen LogP contribution in [-0.2, 0) is 11.3 Å². The molecule has 9 heteroatoms. The fraction of sp³-hybridized carbons (Fsp3) is 0.130. The molecule has 4 aromatic rings. The molecule has 0 saturated heterocycles. The number of benzene rings is 2. The zero-order valence-corrected chi connectivity index (χ0v) is 17.4. The molecule has 0 aliphatic heterocycles. The molecule has 0 atom stereocenters. The Morgan fingerprint density at radius 3 is 2.53 bits per heavy atom. The summed E-state index contributed by atoms with van der Waals surface area (Å²) in [6, 6.07) is 14.8. The van der Waals surface area contributed by atoms with Gasteiger partial charge in [0, 0.05) is 11.9 Å². The number of amides is 2. The third kappa shape index (κ3) is 4.41. The van der Waals surface area contributed by atoms with Crippen molar-refractivity contribution in [2.24, 2.45) is 0 Å². The summed E-state index contributed by atoms with van der Waals surface area (Å²) in [6.45, 7) is 3.25. The lowest BCUT2D eigenvalue weighted by molar-refractivity contribution is -0.117. The first kappa shape index (κ1) is 21.0. The summed E-state index contributed by atoms with van der Waals surface area (Å²) < 4.78 is 16.1. The van der Waals surface area contributed by atoms with Gasteiger partial charge in [-0.05, 0) is 61.4 Å². The standard InChI is InChI=1S/C23H20FN5O3/c1-14-4-3-5-17(10-14)25-22(31)16-7-9-20-27-29(23(32)28(20)12-16)13-21(30)26-19-8-6-15(2)11-18(19)24/h3-12H,13H2,1-2H3,(H,25,31)(H,26,30). The van der Waals surface area contributed by atoms with Crippen LogP contribution in [0, 0.1) is 19.7 Å². The van der Waals surface area contributed by atoms with Gasteiger partial charge >= 0.3 is 5.69 Å². The van der Waals surface area contributed by atoms with Gasteiger partial charge in [-0.3, -0.25) is 9.59 Å². The van der Waals surface area contributed by atoms with Gasteiger partial charge < -0.3 is 10.6 Å². The van der Waals surface area contributed by atoms with E-state index < -0.39 is 24.0 Å². The van der Waals surface area contributed by atoms with Crippen molar-refractivity contribution in [3.63, 3.8) is 0 Å². The van der Waals surface area contributed by atoms with Crippen LogP contribution in [0.1, 0.15) is 21.5 Å². The van der Waals surface area contributed by atoms with Gasteiger partial charge in [-0.25, -0.2) is 18.3 Å². The molecule has 2 aromatic heterocycles. The number of fused-ring (bicyclic) bond motifs is 1. The lowest BCUT2D eigenvalue weighted by Crippen LogP contribution is -2.28. The minimum Gasteiger partial charge on any atom is -0.322 e. The molecule has 0 aliphatic carbocycles. The number of aromatic nitrogens is 3. The number of carbonyl (C=O) groups excluding carboxylic acids is 2. The van der Waals surface area contributed by atoms with E-state index in [0.717, 1.165) is 15.8 Å². The van der Waals surface area contributed by atoms with Crippen molar-refractivity contribution in [3.8, 4) is 0 Å². The van der Waals surface area contributed by atoms with Gasteiger partial charge in [0.15, 0.2) is 5.65 Å². The van der Waals surface area contributed by atoms with Crippen molar-refractivity contribution in [3.05, 3.63) is 93.8 Å². The van der Waals surface area contributed by atoms with Crippen LogP contribution in [0.5, 0.6) is 0 Å². The second kappa shape index (κ2) is 8.46. The molecule has 8 nitrogen and oxygen atoms in total. The van der Waals surface area contributed by atoms with Crippen molar-refractivity contribution in [2.45, 2.75) is 20.4 Å². The number of hydrogen-bond acceptors (Lipinski definition) is 4. The number of nitrogens with one attached hydrogen (secondary N) is 2. The number of rotatable bonds is 5. The molecule has 2 heterocycles. The SMILES string of the molecule is Cc1cccc(NC(=O)c2ccc3nn(CC(=O)Nc4ccc(C)cc4F)c(=O)n3c2)c1. The van der Waals surface area contributed by atoms with Crippen LogP contribution < -0.4 is 16.3 Å². The van der Waals surface area contributed by atoms with E-state index in [1.165, 1.54) is 28.8 Å². The van der Waals surface area contributed by atoms with E-state index >= 15 is 0 Å². The summed E-state index contributed by atoms with van der Waals surface area (Å²) >= 11 is 0. The van der Waals surface area contributed by atoms with Gasteiger partial charge in [-0.1, -0.05) is 18.2 Å². The first-order valence-corrected chi connectivity index (χ1v) is 9.83. The predicted molar refractivity (Wildman–Crippen MR) is 118 cm³/mol. The number of nitrogens with zero attached hydrogens (tertiary/aromatic N) is 3. The number of hydrogen-bond donors (Lipinski definition) is 2. The molecule has 0 spiro atoms. The lowest BCUT2D eigenvalue weighted by Gasteiger charge is -2.06. The normalized spacial score (nSPS) is 10.8. The first-order chi connectivity index (χ1) is 15.3. The number of carbonyl (C=O) groups is 2. The highest BCUT2D eigenvalue weighted by Crippen LogP contribution is 2.15. The number of pyridine rings is 1. The van der Waals surface area contributed by atoms with E-state index in [1.54, 1.807) is 25.1 Å². The summed E-state index contributed by atoms with van der Waals surface area (Å²) in [6.07, 6.45) is 1.36. The van der Waals surface area contributed by atoms with Crippen molar-refractivity contribution in [1.29, 1.82) is 0 Å². The molecule has 0 aliphatic rings. The second-order valence-corrected chi connectivity index (χ2v) is 7.44. The molecule has 2 aromatic carbocycles. The van der Waals surface area contributed by atoms with Crippen molar-refractivity contribution < 1.29 is 14.0 Å². The Labute approximate surface area is 182 Å². The van der Waals surface area contributed by atoms with Crippen LogP contribution in [0.3, 0.4) is 0 Å². The Morgan fingerprint density at radius 2 is 1.78 bits per heavy atom. The third-order valence-electron chi connectivity index (χ3n) is 4.81. The summed E-state index contributed by atoms with van der Waals surface area (Å²) in [4.78, 5) is 37.6. The zero-order valence-electron chi connectivity index (χ0n) is 17.4. The molecule has 0 fully saturated rings. The second-order valence-electron chi connectivity index (χ2n) is 7.44. The van der Waals surface area contributed by atoms with Crippen LogP contribution in [0.15, 0.2) is 65.6 Å². The Bertz CT molecular complexity index is 1410. The fourth-order valence-electron chi connectivity index (χ4n) is 3.23. The third-order valence-corrected chi connectivity index (χ3v) is 4.81. The summed E-state index contributed by atoms with van der Waals surface area (Å²) in [5, 5.41) is 9.32. The van der Waals surface area contributed by atoms with Crippen LogP contribution >= 0.6 is 0 Å². The van der Waals surface area contributed by atoms with Crippen molar-refractivity contribution >= 4 is 28.8 Å². The molecule has 2 N–H and O–H groups in total. The summed E-state index contributed by atoms with van der Waals surface area (Å²) in [7, 11) is 0. The van der Waals surface area contributed by atoms with Crippen LogP contribution in [0.4, 0.5) is 15.8 Å². The maximum Gasteiger partial charge on any atom is 0.350 e. The van der Waals surface area contributed by atoms with Crippen molar-refractivity contribution in [1.82, 2.24) is 14.2 Å². The molecule has 0 saturated carbocycles. The number of anilines is 2. The van der Waals surface area contributed by atoms with Gasteiger partial charge in [0.05, 0.1) is 11.3 Å². The van der Waals surface area contributed by atoms with Gasteiger partial charge in [-0.15, -0.1) is 5.10 Å². The Morgan fingerprint density at radius 1 is 1.00 bits per heavy atom. The minimum atomic E-state index is -0.601. The molecule has 4 rings (SSSR count). The highest BCUT2D eigenvalue weighted by molar-refractivity contribution is 6.04. The Hall–Kier alpha value is -4.27. The van der Waals surface area contributed by atoms with E-state index in [-0.39, 0.29) is 22.8 Å². The average Bonchev–Trinajstić information content (AvgIpc) is 3.05. The number of aryl methyl sites for hydroxylation is 2. The molecule has 162 valence electrons. The molecule has 32 heavy (non-hydrogen) atoms. The van der Waals surface area contributed by atoms with Crippen LogP contribution in [0.25, 0.3) is 5.65 Å². The van der Waals surface area contributed by atoms with E-state index in [4.69, 9.17) is 0 Å². The quantitative estimate of drug-likeness (QED) is 0.505. The molecule has 0 radical (unpaired) electrons. The topological polar surface area (TPSA) is 97.5 Å². The maximum atomic E-state index is 14.0. The van der Waals surface area contributed by atoms with Crippen LogP contribution in [0.2, 0.25) is 0 Å². The highest BCUT2D eigenvalue weighted by Gasteiger charge is 2.15. The van der Waals surface area contributed by atoms with E-state index in [0.29, 0.717) is 5.69 Å². The first-order valence-electron chi connectivity index (χ1n) is 9.83. The van der Waals surface area contributed by atoms with Gasteiger partial charge in [0.25, 0.3) is 5.91 Å². The van der Waals surface area contributed by atoms with E-state index in [2.05, 4.69) is 15.7 Å². The zero-order chi connectivity index (χ0) is 22.8. The Kier molecular flexibility index (Phi) is 5.55. The van der Waals surface area contributed by atoms with E-state index in [9.17, 15) is 18.8 Å². The average molecular weight is 433 g/mol. The van der Waals surface area contributed by atoms with E-state index in [1.807, 2.05) is 25.1 Å². The van der Waals surface area contributed by atoms with Gasteiger partial charge in [-0.2, -0.15) is 0 Å². The largest absolute Gasteiger partial charge is 0.350 e. The van der Waals surface area contributed by atoms with Crippen molar-refractivity contribution in [2.75, 3.05) is 10.6 Å². The molecule has 0 bridgehead atoms. The monoisotopic (exact) mass is 433 g/mol. The highest BCUT2D eigenvalue weighted by atomic mass is 19.1. The molecule has 2 amide bonds. The predicted octanol–water partition coefficient (Wildman–Crippen LogP) is 3.14. The molecule has 0 unspecified atom stereocenters. The minimum absolute atomic E-state index is 0.0209. The molecular weight excluding hydrogens is 413 g/mol. The fourth-order valence-corrected chi connectivity index (χ4v) is 3.23. The maximum absolute atomic E-state index is 14.0. The summed E-state index contributed by atoms with van der Waals surface area (Å²) in [5.41, 5.74) is 2.32. The van der Waals surface area contributed by atoms with Gasteiger partial charge in [0.1, 0.15) is 12.4 Å². The molecular formula is C23H20FN5O3. The van der Waals surface area contributed by atoms with Crippen LogP contribution in [-0.4, -0.2) is 26.0 Å². The Balaban J connectivity index is 1.53. The summed E-state index contributed by atoms with van der Waals surface area (Å²) in [5.74, 6) is -1.55. The smallest absolute Gasteiger partial charge is 0.322 e. The number of halogens is 1. The lowest BCUT2D eigenvalue weighted by atomic mass is 10.2. The van der Waals surface area contributed by atoms with Gasteiger partial charge in [0.2, 0.25) is 5.91 Å².